The third kappa shape index (κ3) is 2.82. The smallest absolute Gasteiger partial charge is 0.234 e. The molecule has 4 heteroatoms. The van der Waals surface area contributed by atoms with Crippen molar-refractivity contribution >= 4 is 5.91 Å². The number of rotatable bonds is 4. The van der Waals surface area contributed by atoms with Crippen LogP contribution < -0.4 is 11.1 Å². The van der Waals surface area contributed by atoms with E-state index >= 15 is 0 Å². The zero-order chi connectivity index (χ0) is 12.3. The van der Waals surface area contributed by atoms with E-state index in [4.69, 9.17) is 5.73 Å². The van der Waals surface area contributed by atoms with Gasteiger partial charge in [0, 0.05) is 0 Å². The Labute approximate surface area is 100 Å². The molecule has 1 aromatic carbocycles. The van der Waals surface area contributed by atoms with Gasteiger partial charge in [-0.25, -0.2) is 4.39 Å². The Hall–Kier alpha value is -1.42. The van der Waals surface area contributed by atoms with Crippen LogP contribution in [-0.4, -0.2) is 12.5 Å². The number of nitrogens with one attached hydrogen (secondary N) is 1. The Morgan fingerprint density at radius 1 is 1.41 bits per heavy atom. The minimum atomic E-state index is -0.258. The van der Waals surface area contributed by atoms with Gasteiger partial charge < -0.3 is 11.1 Å². The maximum atomic E-state index is 12.9. The molecular weight excluding hydrogens is 219 g/mol. The average Bonchev–Trinajstić information content (AvgIpc) is 2.26. The normalized spacial score (nSPS) is 17.3. The largest absolute Gasteiger partial charge is 0.348 e. The molecule has 1 aliphatic rings. The van der Waals surface area contributed by atoms with E-state index in [0.29, 0.717) is 5.92 Å². The predicted molar refractivity (Wildman–Crippen MR) is 63.7 cm³/mol. The minimum Gasteiger partial charge on any atom is -0.348 e. The average molecular weight is 236 g/mol. The van der Waals surface area contributed by atoms with Crippen LogP contribution in [0.25, 0.3) is 0 Å². The Morgan fingerprint density at radius 3 is 2.53 bits per heavy atom. The maximum Gasteiger partial charge on any atom is 0.234 e. The number of halogens is 1. The topological polar surface area (TPSA) is 55.1 Å². The second-order valence-electron chi connectivity index (χ2n) is 4.49. The number of hydrogen-bond donors (Lipinski definition) is 2. The summed E-state index contributed by atoms with van der Waals surface area (Å²) in [5, 5.41) is 2.92. The first-order valence-electron chi connectivity index (χ1n) is 5.95. The number of carbonyl (C=O) groups is 1. The molecule has 2 rings (SSSR count). The standard InChI is InChI=1S/C13H17FN2O/c14-11-6-4-10(5-7-11)13(9-2-1-3-9)16-12(17)8-15/h4-7,9,13H,1-3,8,15H2,(H,16,17). The lowest BCUT2D eigenvalue weighted by Crippen LogP contribution is -2.39. The predicted octanol–water partition coefficient (Wildman–Crippen LogP) is 1.74. The van der Waals surface area contributed by atoms with E-state index < -0.39 is 0 Å². The third-order valence-corrected chi connectivity index (χ3v) is 3.35. The fourth-order valence-corrected chi connectivity index (χ4v) is 2.15. The zero-order valence-corrected chi connectivity index (χ0v) is 9.66. The Kier molecular flexibility index (Phi) is 3.74. The van der Waals surface area contributed by atoms with Crippen LogP contribution in [0.2, 0.25) is 0 Å². The molecule has 1 fully saturated rings. The molecule has 1 aliphatic carbocycles. The van der Waals surface area contributed by atoms with Crippen LogP contribution in [-0.2, 0) is 4.79 Å². The molecule has 1 unspecified atom stereocenters. The van der Waals surface area contributed by atoms with Gasteiger partial charge in [0.05, 0.1) is 12.6 Å². The molecule has 3 N–H and O–H groups in total. The number of amides is 1. The highest BCUT2D eigenvalue weighted by Crippen LogP contribution is 2.37. The summed E-state index contributed by atoms with van der Waals surface area (Å²) in [6.07, 6.45) is 3.40. The molecule has 0 aliphatic heterocycles. The molecule has 1 atom stereocenters. The molecule has 3 nitrogen and oxygen atoms in total. The van der Waals surface area contributed by atoms with Crippen molar-refractivity contribution in [3.63, 3.8) is 0 Å². The number of nitrogens with two attached hydrogens (primary N) is 1. The fourth-order valence-electron chi connectivity index (χ4n) is 2.15. The number of hydrogen-bond acceptors (Lipinski definition) is 2. The van der Waals surface area contributed by atoms with E-state index in [0.717, 1.165) is 18.4 Å². The lowest BCUT2D eigenvalue weighted by atomic mass is 9.77. The molecule has 1 saturated carbocycles. The summed E-state index contributed by atoms with van der Waals surface area (Å²) in [6.45, 7) is -0.00951. The second kappa shape index (κ2) is 5.27. The van der Waals surface area contributed by atoms with Crippen molar-refractivity contribution in [3.8, 4) is 0 Å². The van der Waals surface area contributed by atoms with Crippen LogP contribution in [0.15, 0.2) is 24.3 Å². The van der Waals surface area contributed by atoms with Gasteiger partial charge in [0.2, 0.25) is 5.91 Å². The minimum absolute atomic E-state index is 0.00951. The highest BCUT2D eigenvalue weighted by Gasteiger charge is 2.29. The molecular formula is C13H17FN2O. The Bertz CT molecular complexity index is 387. The van der Waals surface area contributed by atoms with Crippen LogP contribution in [0.1, 0.15) is 30.9 Å². The SMILES string of the molecule is NCC(=O)NC(c1ccc(F)cc1)C1CCC1. The molecule has 92 valence electrons. The molecule has 0 aromatic heterocycles. The quantitative estimate of drug-likeness (QED) is 0.836. The van der Waals surface area contributed by atoms with E-state index in [1.807, 2.05) is 0 Å². The molecule has 0 spiro atoms. The highest BCUT2D eigenvalue weighted by molar-refractivity contribution is 5.78. The van der Waals surface area contributed by atoms with Gasteiger partial charge in [-0.05, 0) is 36.5 Å². The van der Waals surface area contributed by atoms with Crippen LogP contribution in [0.5, 0.6) is 0 Å². The van der Waals surface area contributed by atoms with Gasteiger partial charge in [-0.3, -0.25) is 4.79 Å². The lowest BCUT2D eigenvalue weighted by molar-refractivity contribution is -0.121. The van der Waals surface area contributed by atoms with Crippen LogP contribution >= 0.6 is 0 Å². The first-order chi connectivity index (χ1) is 8.20. The van der Waals surface area contributed by atoms with Gasteiger partial charge in [0.1, 0.15) is 5.82 Å². The van der Waals surface area contributed by atoms with Crippen molar-refractivity contribution < 1.29 is 9.18 Å². The van der Waals surface area contributed by atoms with E-state index in [2.05, 4.69) is 5.32 Å². The van der Waals surface area contributed by atoms with Gasteiger partial charge in [-0.15, -0.1) is 0 Å². The Morgan fingerprint density at radius 2 is 2.06 bits per heavy atom. The van der Waals surface area contributed by atoms with Crippen molar-refractivity contribution in [2.75, 3.05) is 6.54 Å². The molecule has 0 bridgehead atoms. The summed E-state index contributed by atoms with van der Waals surface area (Å²) < 4.78 is 12.9. The monoisotopic (exact) mass is 236 g/mol. The Balaban J connectivity index is 2.14. The summed E-state index contributed by atoms with van der Waals surface area (Å²) in [4.78, 5) is 11.4. The second-order valence-corrected chi connectivity index (χ2v) is 4.49. The fraction of sp³-hybridized carbons (Fsp3) is 0.462. The molecule has 0 radical (unpaired) electrons. The van der Waals surface area contributed by atoms with Crippen molar-refractivity contribution in [1.82, 2.24) is 5.32 Å². The van der Waals surface area contributed by atoms with Crippen LogP contribution in [0.4, 0.5) is 4.39 Å². The van der Waals surface area contributed by atoms with E-state index in [9.17, 15) is 9.18 Å². The molecule has 17 heavy (non-hydrogen) atoms. The number of benzene rings is 1. The highest BCUT2D eigenvalue weighted by atomic mass is 19.1. The first kappa shape index (κ1) is 12.0. The van der Waals surface area contributed by atoms with Gasteiger partial charge in [0.15, 0.2) is 0 Å². The van der Waals surface area contributed by atoms with Gasteiger partial charge in [0.25, 0.3) is 0 Å². The zero-order valence-electron chi connectivity index (χ0n) is 9.66. The van der Waals surface area contributed by atoms with Crippen molar-refractivity contribution in [2.45, 2.75) is 25.3 Å². The van der Waals surface area contributed by atoms with E-state index in [1.165, 1.54) is 18.6 Å². The lowest BCUT2D eigenvalue weighted by Gasteiger charge is -2.34. The van der Waals surface area contributed by atoms with Crippen LogP contribution in [0, 0.1) is 11.7 Å². The third-order valence-electron chi connectivity index (χ3n) is 3.35. The van der Waals surface area contributed by atoms with Crippen molar-refractivity contribution in [1.29, 1.82) is 0 Å². The van der Waals surface area contributed by atoms with Gasteiger partial charge >= 0.3 is 0 Å². The van der Waals surface area contributed by atoms with Crippen molar-refractivity contribution in [2.24, 2.45) is 11.7 Å². The van der Waals surface area contributed by atoms with Crippen molar-refractivity contribution in [3.05, 3.63) is 35.6 Å². The molecule has 0 saturated heterocycles. The summed E-state index contributed by atoms with van der Waals surface area (Å²) in [6, 6.07) is 6.29. The summed E-state index contributed by atoms with van der Waals surface area (Å²) in [7, 11) is 0. The molecule has 0 heterocycles. The summed E-state index contributed by atoms with van der Waals surface area (Å²) >= 11 is 0. The first-order valence-corrected chi connectivity index (χ1v) is 5.95. The molecule has 1 amide bonds. The van der Waals surface area contributed by atoms with E-state index in [1.54, 1.807) is 12.1 Å². The van der Waals surface area contributed by atoms with E-state index in [-0.39, 0.29) is 24.3 Å². The summed E-state index contributed by atoms with van der Waals surface area (Å²) in [5.74, 6) is 0.0356. The molecule has 1 aromatic rings. The maximum absolute atomic E-state index is 12.9. The summed E-state index contributed by atoms with van der Waals surface area (Å²) in [5.41, 5.74) is 6.27. The number of carbonyl (C=O) groups excluding carboxylic acids is 1. The van der Waals surface area contributed by atoms with Gasteiger partial charge in [-0.1, -0.05) is 18.6 Å². The van der Waals surface area contributed by atoms with Crippen LogP contribution in [0.3, 0.4) is 0 Å². The van der Waals surface area contributed by atoms with Gasteiger partial charge in [-0.2, -0.15) is 0 Å².